The van der Waals surface area contributed by atoms with Gasteiger partial charge in [0, 0.05) is 31.2 Å². The molecule has 3 aliphatic rings. The molecule has 0 spiro atoms. The van der Waals surface area contributed by atoms with Gasteiger partial charge in [-0.25, -0.2) is 10.9 Å². The van der Waals surface area contributed by atoms with Gasteiger partial charge < -0.3 is 10.2 Å². The molecular formula is C23H31N7O. The van der Waals surface area contributed by atoms with E-state index < -0.39 is 0 Å². The molecule has 8 nitrogen and oxygen atoms in total. The Labute approximate surface area is 183 Å². The number of rotatable bonds is 5. The van der Waals surface area contributed by atoms with Crippen molar-refractivity contribution in [2.45, 2.75) is 56.7 Å². The maximum absolute atomic E-state index is 12.6. The van der Waals surface area contributed by atoms with E-state index in [-0.39, 0.29) is 11.9 Å². The van der Waals surface area contributed by atoms with Crippen molar-refractivity contribution in [3.63, 3.8) is 0 Å². The fraction of sp³-hybridized carbons (Fsp3) is 0.522. The molecule has 5 rings (SSSR count). The Morgan fingerprint density at radius 1 is 0.968 bits per heavy atom. The van der Waals surface area contributed by atoms with Crippen molar-refractivity contribution in [2.75, 3.05) is 18.0 Å². The summed E-state index contributed by atoms with van der Waals surface area (Å²) in [4.78, 5) is 14.9. The summed E-state index contributed by atoms with van der Waals surface area (Å²) in [5, 5.41) is 11.7. The van der Waals surface area contributed by atoms with Gasteiger partial charge in [-0.2, -0.15) is 5.53 Å². The van der Waals surface area contributed by atoms with Crippen LogP contribution >= 0.6 is 0 Å². The average Bonchev–Trinajstić information content (AvgIpc) is 3.28. The number of fused-ring (bicyclic) bond motifs is 1. The molecule has 3 atom stereocenters. The van der Waals surface area contributed by atoms with Crippen LogP contribution in [0.5, 0.6) is 0 Å². The third-order valence-corrected chi connectivity index (χ3v) is 6.89. The predicted molar refractivity (Wildman–Crippen MR) is 119 cm³/mol. The van der Waals surface area contributed by atoms with Gasteiger partial charge in [0.2, 0.25) is 0 Å². The molecule has 31 heavy (non-hydrogen) atoms. The van der Waals surface area contributed by atoms with Crippen LogP contribution < -0.4 is 26.6 Å². The molecule has 0 radical (unpaired) electrons. The smallest absolute Gasteiger partial charge is 0.272 e. The standard InChI is InChI=1S/C23H31N7O/c31-23(24-18-6-7-19-21(15-18)27-29-26-19)20-8-9-22(28-25-20)30-12-10-17(11-13-30)14-16-4-2-1-3-5-16/h1-5,8-9,17-19,21,26-27,29H,6-7,10-15H2,(H,24,31). The lowest BCUT2D eigenvalue weighted by atomic mass is 9.88. The summed E-state index contributed by atoms with van der Waals surface area (Å²) in [7, 11) is 0. The fourth-order valence-electron chi connectivity index (χ4n) is 5.05. The highest BCUT2D eigenvalue weighted by atomic mass is 16.2. The van der Waals surface area contributed by atoms with Crippen LogP contribution in [-0.2, 0) is 6.42 Å². The number of nitrogens with one attached hydrogen (secondary N) is 4. The van der Waals surface area contributed by atoms with Crippen molar-refractivity contribution in [1.29, 1.82) is 0 Å². The van der Waals surface area contributed by atoms with Crippen LogP contribution in [0.4, 0.5) is 5.82 Å². The second-order valence-corrected chi connectivity index (χ2v) is 9.01. The van der Waals surface area contributed by atoms with Gasteiger partial charge in [-0.1, -0.05) is 30.3 Å². The van der Waals surface area contributed by atoms with E-state index in [1.807, 2.05) is 6.07 Å². The largest absolute Gasteiger partial charge is 0.355 e. The maximum atomic E-state index is 12.6. The Hall–Kier alpha value is -2.55. The van der Waals surface area contributed by atoms with Crippen molar-refractivity contribution in [3.8, 4) is 0 Å². The minimum Gasteiger partial charge on any atom is -0.355 e. The lowest BCUT2D eigenvalue weighted by Gasteiger charge is -2.32. The van der Waals surface area contributed by atoms with Crippen molar-refractivity contribution in [3.05, 3.63) is 53.7 Å². The van der Waals surface area contributed by atoms with Crippen LogP contribution in [0.2, 0.25) is 0 Å². The molecule has 4 N–H and O–H groups in total. The van der Waals surface area contributed by atoms with E-state index in [1.165, 1.54) is 5.56 Å². The van der Waals surface area contributed by atoms with E-state index in [0.717, 1.165) is 57.4 Å². The molecule has 3 heterocycles. The highest BCUT2D eigenvalue weighted by Crippen LogP contribution is 2.25. The molecule has 3 fully saturated rings. The third-order valence-electron chi connectivity index (χ3n) is 6.89. The summed E-state index contributed by atoms with van der Waals surface area (Å²) >= 11 is 0. The molecule has 2 aromatic rings. The second kappa shape index (κ2) is 9.30. The minimum absolute atomic E-state index is 0.136. The van der Waals surface area contributed by atoms with Gasteiger partial charge >= 0.3 is 0 Å². The predicted octanol–water partition coefficient (Wildman–Crippen LogP) is 1.57. The highest BCUT2D eigenvalue weighted by molar-refractivity contribution is 5.92. The number of aromatic nitrogens is 2. The van der Waals surface area contributed by atoms with E-state index in [4.69, 9.17) is 0 Å². The van der Waals surface area contributed by atoms with Crippen molar-refractivity contribution in [2.24, 2.45) is 5.92 Å². The first-order valence-electron chi connectivity index (χ1n) is 11.4. The number of hydrogen-bond acceptors (Lipinski definition) is 7. The Morgan fingerprint density at radius 2 is 1.77 bits per heavy atom. The molecule has 1 aromatic carbocycles. The van der Waals surface area contributed by atoms with Crippen LogP contribution in [0.15, 0.2) is 42.5 Å². The Bertz CT molecular complexity index is 867. The topological polar surface area (TPSA) is 94.2 Å². The summed E-state index contributed by atoms with van der Waals surface area (Å²) in [5.41, 5.74) is 11.2. The number of hydrogen-bond donors (Lipinski definition) is 4. The molecule has 1 aromatic heterocycles. The lowest BCUT2D eigenvalue weighted by Crippen LogP contribution is -2.48. The molecule has 1 amide bonds. The third kappa shape index (κ3) is 4.87. The van der Waals surface area contributed by atoms with Crippen LogP contribution in [0, 0.1) is 5.92 Å². The molecule has 8 heteroatoms. The molecule has 0 bridgehead atoms. The fourth-order valence-corrected chi connectivity index (χ4v) is 5.05. The van der Waals surface area contributed by atoms with Crippen LogP contribution in [0.3, 0.4) is 0 Å². The maximum Gasteiger partial charge on any atom is 0.272 e. The normalized spacial score (nSPS) is 26.5. The van der Waals surface area contributed by atoms with Gasteiger partial charge in [0.1, 0.15) is 0 Å². The highest BCUT2D eigenvalue weighted by Gasteiger charge is 2.34. The first-order chi connectivity index (χ1) is 15.2. The number of anilines is 1. The van der Waals surface area contributed by atoms with Gasteiger partial charge in [-0.3, -0.25) is 4.79 Å². The zero-order valence-corrected chi connectivity index (χ0v) is 17.8. The van der Waals surface area contributed by atoms with Crippen LogP contribution in [0.1, 0.15) is 48.2 Å². The van der Waals surface area contributed by atoms with Gasteiger partial charge in [-0.05, 0) is 62.1 Å². The summed E-state index contributed by atoms with van der Waals surface area (Å²) < 4.78 is 0. The molecule has 2 saturated heterocycles. The van der Waals surface area contributed by atoms with Gasteiger partial charge in [-0.15, -0.1) is 10.2 Å². The summed E-state index contributed by atoms with van der Waals surface area (Å²) in [6.07, 6.45) is 6.34. The minimum atomic E-state index is -0.136. The number of hydrazine groups is 2. The summed E-state index contributed by atoms with van der Waals surface area (Å²) in [5.74, 6) is 1.44. The van der Waals surface area contributed by atoms with E-state index in [9.17, 15) is 4.79 Å². The van der Waals surface area contributed by atoms with Gasteiger partial charge in [0.05, 0.1) is 0 Å². The second-order valence-electron chi connectivity index (χ2n) is 9.01. The monoisotopic (exact) mass is 421 g/mol. The zero-order valence-electron chi connectivity index (χ0n) is 17.8. The lowest BCUT2D eigenvalue weighted by molar-refractivity contribution is 0.0916. The average molecular weight is 422 g/mol. The molecule has 1 saturated carbocycles. The molecular weight excluding hydrogens is 390 g/mol. The van der Waals surface area contributed by atoms with E-state index in [2.05, 4.69) is 67.1 Å². The first-order valence-corrected chi connectivity index (χ1v) is 11.4. The Balaban J connectivity index is 1.11. The van der Waals surface area contributed by atoms with Crippen LogP contribution in [0.25, 0.3) is 0 Å². The molecule has 164 valence electrons. The van der Waals surface area contributed by atoms with Gasteiger partial charge in [0.15, 0.2) is 11.5 Å². The number of piperidine rings is 1. The van der Waals surface area contributed by atoms with E-state index >= 15 is 0 Å². The molecule has 1 aliphatic carbocycles. The Kier molecular flexibility index (Phi) is 6.11. The number of carbonyl (C=O) groups is 1. The van der Waals surface area contributed by atoms with Crippen LogP contribution in [-0.4, -0.2) is 47.3 Å². The quantitative estimate of drug-likeness (QED) is 0.582. The number of carbonyl (C=O) groups excluding carboxylic acids is 1. The Morgan fingerprint density at radius 3 is 2.55 bits per heavy atom. The first kappa shape index (κ1) is 20.4. The number of nitrogens with zero attached hydrogens (tertiary/aromatic N) is 3. The summed E-state index contributed by atoms with van der Waals surface area (Å²) in [6, 6.07) is 15.4. The number of benzene rings is 1. The summed E-state index contributed by atoms with van der Waals surface area (Å²) in [6.45, 7) is 1.97. The van der Waals surface area contributed by atoms with Crippen molar-refractivity contribution < 1.29 is 4.79 Å². The molecule has 2 aliphatic heterocycles. The zero-order chi connectivity index (χ0) is 21.0. The van der Waals surface area contributed by atoms with Gasteiger partial charge in [0.25, 0.3) is 5.91 Å². The van der Waals surface area contributed by atoms with E-state index in [1.54, 1.807) is 6.07 Å². The molecule has 3 unspecified atom stereocenters. The van der Waals surface area contributed by atoms with Crippen molar-refractivity contribution >= 4 is 11.7 Å². The SMILES string of the molecule is O=C(NC1CCC2NNNC2C1)c1ccc(N2CCC(Cc3ccccc3)CC2)nn1. The number of amides is 1. The van der Waals surface area contributed by atoms with Crippen molar-refractivity contribution in [1.82, 2.24) is 31.9 Å². The van der Waals surface area contributed by atoms with E-state index in [0.29, 0.717) is 23.7 Å².